The Balaban J connectivity index is 3.86. The molecule has 2 heteroatoms. The lowest BCUT2D eigenvalue weighted by molar-refractivity contribution is -0.137. The van der Waals surface area contributed by atoms with Gasteiger partial charge in [-0.15, -0.1) is 0 Å². The van der Waals surface area contributed by atoms with Gasteiger partial charge >= 0.3 is 5.97 Å². The van der Waals surface area contributed by atoms with Crippen LogP contribution in [0.1, 0.15) is 104 Å². The predicted octanol–water partition coefficient (Wildman–Crippen LogP) is 6.43. The highest BCUT2D eigenvalue weighted by atomic mass is 16.4. The summed E-state index contributed by atoms with van der Waals surface area (Å²) in [7, 11) is 0. The van der Waals surface area contributed by atoms with Crippen LogP contribution in [0.3, 0.4) is 0 Å². The van der Waals surface area contributed by atoms with E-state index in [1.165, 1.54) is 64.2 Å². The van der Waals surface area contributed by atoms with Gasteiger partial charge in [-0.25, -0.2) is 0 Å². The number of carboxylic acid groups (broad SMARTS) is 1. The molecule has 0 saturated heterocycles. The van der Waals surface area contributed by atoms with Crippen LogP contribution >= 0.6 is 0 Å². The molecule has 0 bridgehead atoms. The Morgan fingerprint density at radius 2 is 1.48 bits per heavy atom. The number of hydrogen-bond donors (Lipinski definition) is 1. The molecule has 21 heavy (non-hydrogen) atoms. The fourth-order valence-corrected chi connectivity index (χ4v) is 3.19. The molecule has 0 aromatic heterocycles. The lowest BCUT2D eigenvalue weighted by Crippen LogP contribution is -2.08. The molecule has 0 aliphatic rings. The molecule has 2 atom stereocenters. The van der Waals surface area contributed by atoms with E-state index in [-0.39, 0.29) is 0 Å². The van der Waals surface area contributed by atoms with Crippen molar-refractivity contribution in [3.05, 3.63) is 0 Å². The van der Waals surface area contributed by atoms with Gasteiger partial charge in [-0.3, -0.25) is 4.79 Å². The maximum absolute atomic E-state index is 10.5. The number of carboxylic acids is 1. The quantitative estimate of drug-likeness (QED) is 0.353. The summed E-state index contributed by atoms with van der Waals surface area (Å²) in [6, 6.07) is 0. The molecule has 0 heterocycles. The van der Waals surface area contributed by atoms with Crippen molar-refractivity contribution in [1.29, 1.82) is 0 Å². The summed E-state index contributed by atoms with van der Waals surface area (Å²) in [5.41, 5.74) is 0. The Bertz CT molecular complexity index is 238. The van der Waals surface area contributed by atoms with Crippen LogP contribution in [0.4, 0.5) is 0 Å². The molecule has 2 nitrogen and oxygen atoms in total. The summed E-state index contributed by atoms with van der Waals surface area (Å²) >= 11 is 0. The molecule has 0 spiro atoms. The zero-order valence-corrected chi connectivity index (χ0v) is 14.7. The van der Waals surface area contributed by atoms with Crippen molar-refractivity contribution < 1.29 is 9.90 Å². The third-order valence-electron chi connectivity index (χ3n) is 4.51. The van der Waals surface area contributed by atoms with Crippen molar-refractivity contribution in [2.45, 2.75) is 104 Å². The first-order valence-electron chi connectivity index (χ1n) is 9.31. The van der Waals surface area contributed by atoms with Crippen molar-refractivity contribution in [2.75, 3.05) is 0 Å². The van der Waals surface area contributed by atoms with Crippen LogP contribution in [0.5, 0.6) is 0 Å². The van der Waals surface area contributed by atoms with Crippen molar-refractivity contribution in [3.63, 3.8) is 0 Å². The molecule has 0 aliphatic heterocycles. The topological polar surface area (TPSA) is 37.3 Å². The van der Waals surface area contributed by atoms with Gasteiger partial charge < -0.3 is 5.11 Å². The molecule has 0 rings (SSSR count). The molecule has 0 fully saturated rings. The highest BCUT2D eigenvalue weighted by Crippen LogP contribution is 2.26. The van der Waals surface area contributed by atoms with Gasteiger partial charge in [0.2, 0.25) is 0 Å². The van der Waals surface area contributed by atoms with E-state index in [2.05, 4.69) is 20.8 Å². The first-order chi connectivity index (χ1) is 10.1. The molecule has 2 unspecified atom stereocenters. The molecule has 126 valence electrons. The maximum Gasteiger partial charge on any atom is 0.303 e. The summed E-state index contributed by atoms with van der Waals surface area (Å²) in [6.07, 6.45) is 15.8. The average molecular weight is 299 g/mol. The number of hydrogen-bond acceptors (Lipinski definition) is 1. The van der Waals surface area contributed by atoms with Gasteiger partial charge in [0.1, 0.15) is 0 Å². The molecule has 0 aromatic carbocycles. The molecular weight excluding hydrogens is 260 g/mol. The molecule has 0 saturated carbocycles. The van der Waals surface area contributed by atoms with Crippen LogP contribution < -0.4 is 0 Å². The van der Waals surface area contributed by atoms with Crippen LogP contribution in [-0.4, -0.2) is 11.1 Å². The predicted molar refractivity (Wildman–Crippen MR) is 91.7 cm³/mol. The fraction of sp³-hybridized carbons (Fsp3) is 0.947. The van der Waals surface area contributed by atoms with Gasteiger partial charge in [0.25, 0.3) is 0 Å². The SMILES string of the molecule is CCCCCCC(CCCC)CC(C)CCCCC(=O)O. The minimum Gasteiger partial charge on any atom is -0.481 e. The third kappa shape index (κ3) is 14.2. The van der Waals surface area contributed by atoms with Crippen molar-refractivity contribution in [2.24, 2.45) is 11.8 Å². The van der Waals surface area contributed by atoms with Crippen molar-refractivity contribution in [1.82, 2.24) is 0 Å². The van der Waals surface area contributed by atoms with Crippen LogP contribution in [0.25, 0.3) is 0 Å². The van der Waals surface area contributed by atoms with Crippen molar-refractivity contribution >= 4 is 5.97 Å². The second kappa shape index (κ2) is 14.4. The fourth-order valence-electron chi connectivity index (χ4n) is 3.19. The molecule has 0 aliphatic carbocycles. The molecular formula is C19H38O2. The van der Waals surface area contributed by atoms with E-state index < -0.39 is 5.97 Å². The first-order valence-corrected chi connectivity index (χ1v) is 9.31. The van der Waals surface area contributed by atoms with Crippen molar-refractivity contribution in [3.8, 4) is 0 Å². The number of carbonyl (C=O) groups is 1. The minimum atomic E-state index is -0.653. The third-order valence-corrected chi connectivity index (χ3v) is 4.51. The van der Waals surface area contributed by atoms with E-state index in [0.717, 1.165) is 24.7 Å². The summed E-state index contributed by atoms with van der Waals surface area (Å²) in [5, 5.41) is 8.66. The van der Waals surface area contributed by atoms with Crippen LogP contribution in [0.15, 0.2) is 0 Å². The first kappa shape index (κ1) is 20.5. The minimum absolute atomic E-state index is 0.336. The number of unbranched alkanes of at least 4 members (excludes halogenated alkanes) is 5. The zero-order valence-electron chi connectivity index (χ0n) is 14.7. The summed E-state index contributed by atoms with van der Waals surface area (Å²) in [6.45, 7) is 6.91. The lowest BCUT2D eigenvalue weighted by atomic mass is 9.85. The zero-order chi connectivity index (χ0) is 15.9. The van der Waals surface area contributed by atoms with Crippen LogP contribution in [0, 0.1) is 11.8 Å². The second-order valence-corrected chi connectivity index (χ2v) is 6.84. The van der Waals surface area contributed by atoms with Gasteiger partial charge in [0.15, 0.2) is 0 Å². The van der Waals surface area contributed by atoms with Gasteiger partial charge in [0.05, 0.1) is 0 Å². The highest BCUT2D eigenvalue weighted by molar-refractivity contribution is 5.66. The summed E-state index contributed by atoms with van der Waals surface area (Å²) in [4.78, 5) is 10.5. The van der Waals surface area contributed by atoms with E-state index in [1.54, 1.807) is 0 Å². The Morgan fingerprint density at radius 1 is 0.857 bits per heavy atom. The Labute approximate surface area is 132 Å². The Kier molecular flexibility index (Phi) is 14.0. The summed E-state index contributed by atoms with van der Waals surface area (Å²) in [5.74, 6) is 1.00. The monoisotopic (exact) mass is 298 g/mol. The lowest BCUT2D eigenvalue weighted by Gasteiger charge is -2.21. The maximum atomic E-state index is 10.5. The molecule has 0 amide bonds. The van der Waals surface area contributed by atoms with E-state index in [1.807, 2.05) is 0 Å². The van der Waals surface area contributed by atoms with Gasteiger partial charge in [0, 0.05) is 6.42 Å². The molecule has 0 radical (unpaired) electrons. The molecule has 1 N–H and O–H groups in total. The van der Waals surface area contributed by atoms with Gasteiger partial charge in [-0.1, -0.05) is 85.0 Å². The number of aliphatic carboxylic acids is 1. The van der Waals surface area contributed by atoms with E-state index in [4.69, 9.17) is 5.11 Å². The summed E-state index contributed by atoms with van der Waals surface area (Å²) < 4.78 is 0. The number of rotatable bonds is 15. The second-order valence-electron chi connectivity index (χ2n) is 6.84. The van der Waals surface area contributed by atoms with E-state index >= 15 is 0 Å². The Morgan fingerprint density at radius 3 is 2.10 bits per heavy atom. The smallest absolute Gasteiger partial charge is 0.303 e. The highest BCUT2D eigenvalue weighted by Gasteiger charge is 2.13. The van der Waals surface area contributed by atoms with Crippen LogP contribution in [-0.2, 0) is 4.79 Å². The Hall–Kier alpha value is -0.530. The van der Waals surface area contributed by atoms with Gasteiger partial charge in [-0.2, -0.15) is 0 Å². The molecule has 0 aromatic rings. The van der Waals surface area contributed by atoms with E-state index in [9.17, 15) is 4.79 Å². The van der Waals surface area contributed by atoms with Crippen LogP contribution in [0.2, 0.25) is 0 Å². The normalized spacial score (nSPS) is 14.0. The largest absolute Gasteiger partial charge is 0.481 e. The van der Waals surface area contributed by atoms with E-state index in [0.29, 0.717) is 6.42 Å². The average Bonchev–Trinajstić information content (AvgIpc) is 2.45. The standard InChI is InChI=1S/C19H38O2/c1-4-6-8-9-14-18(13-7-5-2)16-17(3)12-10-11-15-19(20)21/h17-18H,4-16H2,1-3H3,(H,20,21). The van der Waals surface area contributed by atoms with Gasteiger partial charge in [-0.05, 0) is 24.7 Å².